The molecule has 36 heavy (non-hydrogen) atoms. The van der Waals surface area contributed by atoms with E-state index in [9.17, 15) is 32.0 Å². The Morgan fingerprint density at radius 2 is 1.81 bits per heavy atom. The molecule has 3 heterocycles. The lowest BCUT2D eigenvalue weighted by Gasteiger charge is -2.31. The number of carbonyl (C=O) groups is 1. The number of carbonyl (C=O) groups excluding carboxylic acids is 1. The van der Waals surface area contributed by atoms with Gasteiger partial charge in [-0.25, -0.2) is 13.8 Å². The van der Waals surface area contributed by atoms with Crippen LogP contribution in [0.25, 0.3) is 5.65 Å². The number of rotatable bonds is 5. The third kappa shape index (κ3) is 4.80. The van der Waals surface area contributed by atoms with E-state index in [1.807, 2.05) is 6.07 Å². The Balaban J connectivity index is 1.47. The monoisotopic (exact) mass is 510 g/mol. The van der Waals surface area contributed by atoms with Gasteiger partial charge in [-0.1, -0.05) is 0 Å². The van der Waals surface area contributed by atoms with Gasteiger partial charge in [-0.05, 0) is 68.9 Å². The summed E-state index contributed by atoms with van der Waals surface area (Å²) in [6.07, 6.45) is -2.19. The summed E-state index contributed by atoms with van der Waals surface area (Å²) in [7, 11) is 0. The van der Waals surface area contributed by atoms with Gasteiger partial charge in [-0.15, -0.1) is 0 Å². The van der Waals surface area contributed by atoms with Crippen LogP contribution in [0.15, 0.2) is 12.1 Å². The second-order valence-electron chi connectivity index (χ2n) is 10.3. The van der Waals surface area contributed by atoms with Crippen molar-refractivity contribution in [3.63, 3.8) is 0 Å². The molecule has 2 aliphatic carbocycles. The Bertz CT molecular complexity index is 1200. The highest BCUT2D eigenvalue weighted by Crippen LogP contribution is 2.46. The fourth-order valence-corrected chi connectivity index (χ4v) is 5.76. The quantitative estimate of drug-likeness (QED) is 0.555. The predicted octanol–water partition coefficient (Wildman–Crippen LogP) is 5.28. The number of hydrogen-bond acceptors (Lipinski definition) is 4. The van der Waals surface area contributed by atoms with Gasteiger partial charge in [0.25, 0.3) is 5.91 Å². The first-order valence-electron chi connectivity index (χ1n) is 12.3. The van der Waals surface area contributed by atoms with Gasteiger partial charge < -0.3 is 10.1 Å². The van der Waals surface area contributed by atoms with E-state index >= 15 is 0 Å². The summed E-state index contributed by atoms with van der Waals surface area (Å²) in [5, 5.41) is 12.8. The number of nitriles is 1. The van der Waals surface area contributed by atoms with E-state index in [2.05, 4.69) is 10.3 Å². The smallest absolute Gasteiger partial charge is 0.381 e. The van der Waals surface area contributed by atoms with E-state index in [1.54, 1.807) is 0 Å². The number of fused-ring (bicyclic) bond motifs is 1. The van der Waals surface area contributed by atoms with Gasteiger partial charge in [-0.3, -0.25) is 9.20 Å². The molecule has 2 aromatic heterocycles. The number of aromatic nitrogens is 2. The maximum Gasteiger partial charge on any atom is 0.435 e. The number of halogens is 5. The van der Waals surface area contributed by atoms with Gasteiger partial charge in [0.05, 0.1) is 5.69 Å². The van der Waals surface area contributed by atoms with Crippen LogP contribution in [0.4, 0.5) is 22.0 Å². The molecule has 1 amide bonds. The van der Waals surface area contributed by atoms with Crippen LogP contribution in [0.5, 0.6) is 0 Å². The van der Waals surface area contributed by atoms with Crippen molar-refractivity contribution in [2.24, 2.45) is 11.8 Å². The highest BCUT2D eigenvalue weighted by Gasteiger charge is 2.50. The Labute approximate surface area is 204 Å². The van der Waals surface area contributed by atoms with Gasteiger partial charge in [0, 0.05) is 37.2 Å². The van der Waals surface area contributed by atoms with Crippen molar-refractivity contribution >= 4 is 11.6 Å². The van der Waals surface area contributed by atoms with E-state index in [4.69, 9.17) is 4.74 Å². The molecule has 1 saturated heterocycles. The summed E-state index contributed by atoms with van der Waals surface area (Å²) >= 11 is 0. The lowest BCUT2D eigenvalue weighted by molar-refractivity contribution is -0.141. The van der Waals surface area contributed by atoms with Gasteiger partial charge >= 0.3 is 6.18 Å². The number of ether oxygens (including phenoxy) is 1. The highest BCUT2D eigenvalue weighted by molar-refractivity contribution is 5.96. The maximum absolute atomic E-state index is 13.9. The van der Waals surface area contributed by atoms with Crippen molar-refractivity contribution in [1.29, 1.82) is 5.26 Å². The van der Waals surface area contributed by atoms with Crippen molar-refractivity contribution in [3.8, 4) is 6.07 Å². The normalized spacial score (nSPS) is 22.3. The molecule has 5 rings (SSSR count). The molecule has 0 atom stereocenters. The summed E-state index contributed by atoms with van der Waals surface area (Å²) in [6, 6.07) is 4.45. The summed E-state index contributed by atoms with van der Waals surface area (Å²) in [5.41, 5.74) is -1.95. The topological polar surface area (TPSA) is 79.4 Å². The largest absolute Gasteiger partial charge is 0.435 e. The molecule has 0 spiro atoms. The summed E-state index contributed by atoms with van der Waals surface area (Å²) in [4.78, 5) is 16.9. The van der Waals surface area contributed by atoms with Crippen LogP contribution in [0.1, 0.15) is 78.8 Å². The number of alkyl halides is 5. The number of nitrogens with one attached hydrogen (secondary N) is 1. The molecule has 194 valence electrons. The van der Waals surface area contributed by atoms with Crippen molar-refractivity contribution in [1.82, 2.24) is 14.7 Å². The van der Waals surface area contributed by atoms with E-state index in [-0.39, 0.29) is 72.1 Å². The third-order valence-electron chi connectivity index (χ3n) is 7.93. The van der Waals surface area contributed by atoms with Crippen LogP contribution in [-0.4, -0.2) is 40.0 Å². The van der Waals surface area contributed by atoms with Crippen LogP contribution in [0.2, 0.25) is 0 Å². The number of hydrogen-bond donors (Lipinski definition) is 1. The van der Waals surface area contributed by atoms with Crippen LogP contribution < -0.4 is 5.32 Å². The van der Waals surface area contributed by atoms with E-state index in [0.29, 0.717) is 13.2 Å². The van der Waals surface area contributed by atoms with Crippen molar-refractivity contribution in [2.45, 2.75) is 75.4 Å². The zero-order valence-corrected chi connectivity index (χ0v) is 19.6. The first-order chi connectivity index (χ1) is 17.0. The van der Waals surface area contributed by atoms with Crippen LogP contribution in [0, 0.1) is 23.2 Å². The molecule has 0 aromatic carbocycles. The summed E-state index contributed by atoms with van der Waals surface area (Å²) < 4.78 is 75.5. The summed E-state index contributed by atoms with van der Waals surface area (Å²) in [5.74, 6) is -3.36. The maximum atomic E-state index is 13.9. The molecular weight excluding hydrogens is 483 g/mol. The fraction of sp³-hybridized carbons (Fsp3) is 0.640. The molecule has 0 radical (unpaired) electrons. The lowest BCUT2D eigenvalue weighted by Crippen LogP contribution is -2.44. The van der Waals surface area contributed by atoms with Gasteiger partial charge in [0.2, 0.25) is 5.92 Å². The van der Waals surface area contributed by atoms with Crippen LogP contribution >= 0.6 is 0 Å². The molecule has 6 nitrogen and oxygen atoms in total. The molecule has 1 aliphatic heterocycles. The zero-order chi connectivity index (χ0) is 25.7. The Hall–Kier alpha value is -2.74. The third-order valence-corrected chi connectivity index (χ3v) is 7.93. The molecule has 2 saturated carbocycles. The minimum atomic E-state index is -4.80. The fourth-order valence-electron chi connectivity index (χ4n) is 5.76. The molecule has 0 unspecified atom stereocenters. The average Bonchev–Trinajstić information content (AvgIpc) is 3.52. The molecule has 1 N–H and O–H groups in total. The molecule has 3 aliphatic rings. The Kier molecular flexibility index (Phi) is 6.22. The minimum Gasteiger partial charge on any atom is -0.381 e. The van der Waals surface area contributed by atoms with E-state index in [1.165, 1.54) is 12.1 Å². The number of nitrogens with zero attached hydrogens (tertiary/aromatic N) is 3. The number of imidazole rings is 1. The van der Waals surface area contributed by atoms with Crippen molar-refractivity contribution in [2.75, 3.05) is 13.2 Å². The summed E-state index contributed by atoms with van der Waals surface area (Å²) in [6.45, 7) is 1.26. The van der Waals surface area contributed by atoms with Crippen molar-refractivity contribution < 1.29 is 31.5 Å². The SMILES string of the molecule is N#Cc1cc(C(=O)NC2(C3CCOCC3)CC2)cc2nc(C(F)(F)F)c(CC3CCC(F)(F)CC3)n12. The Morgan fingerprint density at radius 3 is 2.39 bits per heavy atom. The zero-order valence-electron chi connectivity index (χ0n) is 19.6. The minimum absolute atomic E-state index is 0.0694. The van der Waals surface area contributed by atoms with E-state index in [0.717, 1.165) is 30.1 Å². The van der Waals surface area contributed by atoms with Crippen LogP contribution in [-0.2, 0) is 17.3 Å². The van der Waals surface area contributed by atoms with Crippen molar-refractivity contribution in [3.05, 3.63) is 34.8 Å². The van der Waals surface area contributed by atoms with Gasteiger partial charge in [-0.2, -0.15) is 18.4 Å². The average molecular weight is 511 g/mol. The van der Waals surface area contributed by atoms with Crippen LogP contribution in [0.3, 0.4) is 0 Å². The molecular formula is C25H27F5N4O2. The predicted molar refractivity (Wildman–Crippen MR) is 118 cm³/mol. The second-order valence-corrected chi connectivity index (χ2v) is 10.3. The molecule has 0 bridgehead atoms. The standard InChI is InChI=1S/C25H27F5N4O2/c26-24(27)5-1-15(2-6-24)11-19-21(25(28,29)30)32-20-13-16(12-18(14-31)34(19)20)22(35)33-23(7-8-23)17-3-9-36-10-4-17/h12-13,15,17H,1-11H2,(H,33,35). The first kappa shape index (κ1) is 24.9. The molecule has 3 fully saturated rings. The first-order valence-corrected chi connectivity index (χ1v) is 12.3. The second kappa shape index (κ2) is 8.98. The Morgan fingerprint density at radius 1 is 1.14 bits per heavy atom. The van der Waals surface area contributed by atoms with E-state index < -0.39 is 23.7 Å². The number of amides is 1. The lowest BCUT2D eigenvalue weighted by atomic mass is 9.83. The molecule has 11 heteroatoms. The van der Waals surface area contributed by atoms with Gasteiger partial charge in [0.15, 0.2) is 5.69 Å². The number of pyridine rings is 1. The molecule has 2 aromatic rings. The highest BCUT2D eigenvalue weighted by atomic mass is 19.4. The van der Waals surface area contributed by atoms with Gasteiger partial charge in [0.1, 0.15) is 17.4 Å².